The standard InChI is InChI=1S/C16H17N3O/c1-10-7-13(11(2)12(3)16(10)20-4)14(8-17)15-5-6-18-9-19-15/h5-7,9,14H,1-4H3. The maximum absolute atomic E-state index is 9.52. The molecule has 2 rings (SSSR count). The minimum absolute atomic E-state index is 0.388. The molecule has 1 atom stereocenters. The molecule has 0 saturated heterocycles. The van der Waals surface area contributed by atoms with E-state index in [0.717, 1.165) is 33.7 Å². The number of benzene rings is 1. The van der Waals surface area contributed by atoms with Crippen molar-refractivity contribution in [2.75, 3.05) is 7.11 Å². The zero-order valence-corrected chi connectivity index (χ0v) is 12.1. The van der Waals surface area contributed by atoms with Crippen LogP contribution in [-0.4, -0.2) is 17.1 Å². The van der Waals surface area contributed by atoms with E-state index in [0.29, 0.717) is 0 Å². The van der Waals surface area contributed by atoms with Gasteiger partial charge in [0.05, 0.1) is 18.9 Å². The van der Waals surface area contributed by atoms with Crippen molar-refractivity contribution in [2.24, 2.45) is 0 Å². The van der Waals surface area contributed by atoms with Crippen molar-refractivity contribution in [1.82, 2.24) is 9.97 Å². The minimum Gasteiger partial charge on any atom is -0.496 e. The molecule has 4 nitrogen and oxygen atoms in total. The van der Waals surface area contributed by atoms with Gasteiger partial charge in [-0.1, -0.05) is 6.07 Å². The van der Waals surface area contributed by atoms with E-state index in [1.165, 1.54) is 6.33 Å². The SMILES string of the molecule is COc1c(C)cc(C(C#N)c2ccncn2)c(C)c1C. The van der Waals surface area contributed by atoms with Crippen LogP contribution in [0.15, 0.2) is 24.7 Å². The molecule has 2 aromatic rings. The lowest BCUT2D eigenvalue weighted by Gasteiger charge is -2.18. The summed E-state index contributed by atoms with van der Waals surface area (Å²) in [6.45, 7) is 6.01. The molecule has 0 aliphatic rings. The van der Waals surface area contributed by atoms with E-state index in [1.54, 1.807) is 19.4 Å². The van der Waals surface area contributed by atoms with Gasteiger partial charge in [0.2, 0.25) is 0 Å². The molecule has 102 valence electrons. The van der Waals surface area contributed by atoms with Crippen LogP contribution < -0.4 is 4.74 Å². The van der Waals surface area contributed by atoms with Gasteiger partial charge in [-0.15, -0.1) is 0 Å². The molecular weight excluding hydrogens is 250 g/mol. The molecule has 0 N–H and O–H groups in total. The Morgan fingerprint density at radius 3 is 2.55 bits per heavy atom. The van der Waals surface area contributed by atoms with E-state index >= 15 is 0 Å². The summed E-state index contributed by atoms with van der Waals surface area (Å²) in [5.41, 5.74) is 4.85. The normalized spacial score (nSPS) is 11.8. The summed E-state index contributed by atoms with van der Waals surface area (Å²) in [5, 5.41) is 9.52. The average Bonchev–Trinajstić information content (AvgIpc) is 2.46. The predicted octanol–water partition coefficient (Wildman–Crippen LogP) is 3.07. The highest BCUT2D eigenvalue weighted by Gasteiger charge is 2.20. The molecule has 0 spiro atoms. The maximum Gasteiger partial charge on any atom is 0.124 e. The second kappa shape index (κ2) is 5.70. The Morgan fingerprint density at radius 1 is 1.25 bits per heavy atom. The summed E-state index contributed by atoms with van der Waals surface area (Å²) >= 11 is 0. The van der Waals surface area contributed by atoms with Crippen LogP contribution in [0.4, 0.5) is 0 Å². The molecule has 1 aromatic carbocycles. The number of rotatable bonds is 3. The van der Waals surface area contributed by atoms with Crippen LogP contribution in [0, 0.1) is 32.1 Å². The van der Waals surface area contributed by atoms with E-state index in [1.807, 2.05) is 26.8 Å². The van der Waals surface area contributed by atoms with E-state index < -0.39 is 0 Å². The second-order valence-electron chi connectivity index (χ2n) is 4.76. The molecule has 0 aliphatic heterocycles. The van der Waals surface area contributed by atoms with Gasteiger partial charge < -0.3 is 4.74 Å². The molecule has 1 aromatic heterocycles. The Kier molecular flexibility index (Phi) is 3.99. The van der Waals surface area contributed by atoms with E-state index in [-0.39, 0.29) is 5.92 Å². The van der Waals surface area contributed by atoms with E-state index in [4.69, 9.17) is 4.74 Å². The zero-order chi connectivity index (χ0) is 14.7. The first-order valence-electron chi connectivity index (χ1n) is 6.40. The van der Waals surface area contributed by atoms with Gasteiger partial charge in [0.25, 0.3) is 0 Å². The van der Waals surface area contributed by atoms with Crippen molar-refractivity contribution in [3.05, 3.63) is 52.6 Å². The monoisotopic (exact) mass is 267 g/mol. The number of ether oxygens (including phenoxy) is 1. The highest BCUT2D eigenvalue weighted by atomic mass is 16.5. The van der Waals surface area contributed by atoms with Crippen LogP contribution in [-0.2, 0) is 0 Å². The molecule has 0 fully saturated rings. The Bertz CT molecular complexity index is 660. The number of nitrogens with zero attached hydrogens (tertiary/aromatic N) is 3. The zero-order valence-electron chi connectivity index (χ0n) is 12.1. The number of aryl methyl sites for hydroxylation is 1. The van der Waals surface area contributed by atoms with Gasteiger partial charge in [0.15, 0.2) is 0 Å². The van der Waals surface area contributed by atoms with Crippen molar-refractivity contribution in [3.63, 3.8) is 0 Å². The molecule has 4 heteroatoms. The first-order chi connectivity index (χ1) is 9.60. The van der Waals surface area contributed by atoms with Crippen molar-refractivity contribution < 1.29 is 4.74 Å². The Labute approximate surface area is 119 Å². The molecular formula is C16H17N3O. The second-order valence-corrected chi connectivity index (χ2v) is 4.76. The van der Waals surface area contributed by atoms with Crippen molar-refractivity contribution in [3.8, 4) is 11.8 Å². The molecule has 0 saturated carbocycles. The third-order valence-electron chi connectivity index (χ3n) is 3.61. The molecule has 0 bridgehead atoms. The molecule has 20 heavy (non-hydrogen) atoms. The van der Waals surface area contributed by atoms with Gasteiger partial charge in [-0.3, -0.25) is 0 Å². The van der Waals surface area contributed by atoms with Crippen LogP contribution >= 0.6 is 0 Å². The quantitative estimate of drug-likeness (QED) is 0.857. The number of hydrogen-bond acceptors (Lipinski definition) is 4. The fraction of sp³-hybridized carbons (Fsp3) is 0.312. The Morgan fingerprint density at radius 2 is 2.00 bits per heavy atom. The Balaban J connectivity index is 2.61. The van der Waals surface area contributed by atoms with Crippen LogP contribution in [0.3, 0.4) is 0 Å². The molecule has 0 radical (unpaired) electrons. The molecule has 0 aliphatic carbocycles. The number of nitriles is 1. The van der Waals surface area contributed by atoms with Crippen LogP contribution in [0.1, 0.15) is 33.9 Å². The van der Waals surface area contributed by atoms with Gasteiger partial charge >= 0.3 is 0 Å². The van der Waals surface area contributed by atoms with Gasteiger partial charge in [-0.25, -0.2) is 9.97 Å². The average molecular weight is 267 g/mol. The largest absolute Gasteiger partial charge is 0.496 e. The third-order valence-corrected chi connectivity index (χ3v) is 3.61. The topological polar surface area (TPSA) is 58.8 Å². The van der Waals surface area contributed by atoms with Gasteiger partial charge in [0.1, 0.15) is 18.0 Å². The third kappa shape index (κ3) is 2.35. The summed E-state index contributed by atoms with van der Waals surface area (Å²) in [5.74, 6) is 0.493. The first-order valence-corrected chi connectivity index (χ1v) is 6.40. The van der Waals surface area contributed by atoms with Gasteiger partial charge in [0, 0.05) is 6.20 Å². The lowest BCUT2D eigenvalue weighted by molar-refractivity contribution is 0.408. The van der Waals surface area contributed by atoms with E-state index in [9.17, 15) is 5.26 Å². The summed E-state index contributed by atoms with van der Waals surface area (Å²) in [7, 11) is 1.67. The van der Waals surface area contributed by atoms with Crippen molar-refractivity contribution in [1.29, 1.82) is 5.26 Å². The highest BCUT2D eigenvalue weighted by Crippen LogP contribution is 2.34. The lowest BCUT2D eigenvalue weighted by Crippen LogP contribution is -2.06. The summed E-state index contributed by atoms with van der Waals surface area (Å²) in [6, 6.07) is 6.13. The van der Waals surface area contributed by atoms with Gasteiger partial charge in [-0.05, 0) is 49.1 Å². The maximum atomic E-state index is 9.52. The van der Waals surface area contributed by atoms with Gasteiger partial charge in [-0.2, -0.15) is 5.26 Å². The highest BCUT2D eigenvalue weighted by molar-refractivity contribution is 5.52. The minimum atomic E-state index is -0.388. The summed E-state index contributed by atoms with van der Waals surface area (Å²) < 4.78 is 5.42. The van der Waals surface area contributed by atoms with Crippen molar-refractivity contribution >= 4 is 0 Å². The van der Waals surface area contributed by atoms with Crippen LogP contribution in [0.2, 0.25) is 0 Å². The number of hydrogen-bond donors (Lipinski definition) is 0. The first kappa shape index (κ1) is 14.0. The predicted molar refractivity (Wildman–Crippen MR) is 76.7 cm³/mol. The summed E-state index contributed by atoms with van der Waals surface area (Å²) in [4.78, 5) is 8.10. The van der Waals surface area contributed by atoms with Crippen LogP contribution in [0.5, 0.6) is 5.75 Å². The van der Waals surface area contributed by atoms with E-state index in [2.05, 4.69) is 16.0 Å². The van der Waals surface area contributed by atoms with Crippen molar-refractivity contribution in [2.45, 2.75) is 26.7 Å². The Hall–Kier alpha value is -2.41. The number of aromatic nitrogens is 2. The molecule has 1 unspecified atom stereocenters. The fourth-order valence-electron chi connectivity index (χ4n) is 2.47. The molecule has 1 heterocycles. The summed E-state index contributed by atoms with van der Waals surface area (Å²) in [6.07, 6.45) is 3.13. The molecule has 0 amide bonds. The fourth-order valence-corrected chi connectivity index (χ4v) is 2.47. The lowest BCUT2D eigenvalue weighted by atomic mass is 9.88. The van der Waals surface area contributed by atoms with Crippen LogP contribution in [0.25, 0.3) is 0 Å². The smallest absolute Gasteiger partial charge is 0.124 e. The number of methoxy groups -OCH3 is 1.